The zero-order chi connectivity index (χ0) is 17.8. The molecule has 1 aliphatic rings. The molecule has 0 aromatic heterocycles. The van der Waals surface area contributed by atoms with Crippen molar-refractivity contribution < 1.29 is 14.3 Å². The van der Waals surface area contributed by atoms with Crippen molar-refractivity contribution in [2.24, 2.45) is 5.10 Å². The zero-order valence-electron chi connectivity index (χ0n) is 14.7. The molecule has 0 aliphatic carbocycles. The van der Waals surface area contributed by atoms with Gasteiger partial charge in [0.05, 0.1) is 5.71 Å². The van der Waals surface area contributed by atoms with Crippen molar-refractivity contribution in [3.8, 4) is 11.5 Å². The van der Waals surface area contributed by atoms with Crippen LogP contribution in [0.1, 0.15) is 37.8 Å². The molecule has 5 nitrogen and oxygen atoms in total. The van der Waals surface area contributed by atoms with E-state index in [9.17, 15) is 4.79 Å². The lowest BCUT2D eigenvalue weighted by Gasteiger charge is -2.24. The summed E-state index contributed by atoms with van der Waals surface area (Å²) in [5.74, 6) is 1.38. The van der Waals surface area contributed by atoms with Gasteiger partial charge in [0, 0.05) is 0 Å². The molecule has 2 aromatic rings. The molecule has 1 heterocycles. The van der Waals surface area contributed by atoms with E-state index in [1.807, 2.05) is 37.3 Å². The van der Waals surface area contributed by atoms with E-state index in [0.29, 0.717) is 17.4 Å². The summed E-state index contributed by atoms with van der Waals surface area (Å²) in [6, 6.07) is 15.5. The summed E-state index contributed by atoms with van der Waals surface area (Å²) in [5.41, 5.74) is 5.54. The number of carbonyl (C=O) groups excluding carboxylic acids is 1. The van der Waals surface area contributed by atoms with Gasteiger partial charge in [-0.05, 0) is 36.1 Å². The van der Waals surface area contributed by atoms with Crippen LogP contribution < -0.4 is 14.9 Å². The molecule has 130 valence electrons. The predicted molar refractivity (Wildman–Crippen MR) is 97.2 cm³/mol. The summed E-state index contributed by atoms with van der Waals surface area (Å²) in [7, 11) is 0. The Bertz CT molecular complexity index is 782. The Balaban J connectivity index is 1.62. The van der Waals surface area contributed by atoms with Gasteiger partial charge in [0.25, 0.3) is 5.91 Å². The molecule has 1 unspecified atom stereocenters. The number of carbonyl (C=O) groups is 1. The Labute approximate surface area is 147 Å². The Hall–Kier alpha value is -2.82. The van der Waals surface area contributed by atoms with E-state index in [1.54, 1.807) is 6.07 Å². The second-order valence-corrected chi connectivity index (χ2v) is 6.31. The Morgan fingerprint density at radius 2 is 1.80 bits per heavy atom. The summed E-state index contributed by atoms with van der Waals surface area (Å²) in [4.78, 5) is 12.3. The second-order valence-electron chi connectivity index (χ2n) is 6.31. The molecule has 0 bridgehead atoms. The minimum atomic E-state index is -0.713. The van der Waals surface area contributed by atoms with Crippen LogP contribution in [-0.2, 0) is 4.79 Å². The largest absolute Gasteiger partial charge is 0.485 e. The highest BCUT2D eigenvalue weighted by molar-refractivity contribution is 5.99. The molecule has 0 radical (unpaired) electrons. The Kier molecular flexibility index (Phi) is 5.03. The lowest BCUT2D eigenvalue weighted by molar-refractivity contribution is -0.130. The van der Waals surface area contributed by atoms with E-state index in [1.165, 1.54) is 5.56 Å². The first-order valence-corrected chi connectivity index (χ1v) is 8.37. The average Bonchev–Trinajstić information content (AvgIpc) is 2.65. The average molecular weight is 338 g/mol. The summed E-state index contributed by atoms with van der Waals surface area (Å²) < 4.78 is 11.2. The topological polar surface area (TPSA) is 59.9 Å². The first-order valence-electron chi connectivity index (χ1n) is 8.37. The first-order chi connectivity index (χ1) is 12.0. The molecule has 1 N–H and O–H groups in total. The monoisotopic (exact) mass is 338 g/mol. The molecule has 25 heavy (non-hydrogen) atoms. The molecule has 1 amide bonds. The van der Waals surface area contributed by atoms with Crippen molar-refractivity contribution >= 4 is 11.6 Å². The number of ether oxygens (including phenoxy) is 2. The van der Waals surface area contributed by atoms with E-state index < -0.39 is 6.10 Å². The van der Waals surface area contributed by atoms with Gasteiger partial charge in [-0.25, -0.2) is 5.43 Å². The predicted octanol–water partition coefficient (Wildman–Crippen LogP) is 3.49. The number of amides is 1. The van der Waals surface area contributed by atoms with Gasteiger partial charge in [0.15, 0.2) is 11.5 Å². The van der Waals surface area contributed by atoms with Crippen LogP contribution in [0.5, 0.6) is 11.5 Å². The van der Waals surface area contributed by atoms with Gasteiger partial charge in [0.1, 0.15) is 6.61 Å². The van der Waals surface area contributed by atoms with Gasteiger partial charge < -0.3 is 9.47 Å². The van der Waals surface area contributed by atoms with Crippen molar-refractivity contribution in [3.63, 3.8) is 0 Å². The molecule has 0 saturated carbocycles. The molecule has 1 atom stereocenters. The highest BCUT2D eigenvalue weighted by Gasteiger charge is 2.27. The Morgan fingerprint density at radius 3 is 2.48 bits per heavy atom. The fourth-order valence-corrected chi connectivity index (χ4v) is 2.53. The van der Waals surface area contributed by atoms with Crippen LogP contribution in [-0.4, -0.2) is 24.3 Å². The third kappa shape index (κ3) is 3.99. The molecule has 5 heteroatoms. The number of rotatable bonds is 4. The number of hydrogen-bond acceptors (Lipinski definition) is 4. The number of benzene rings is 2. The van der Waals surface area contributed by atoms with Crippen molar-refractivity contribution in [2.75, 3.05) is 6.61 Å². The minimum absolute atomic E-state index is 0.167. The third-order valence-electron chi connectivity index (χ3n) is 4.13. The highest BCUT2D eigenvalue weighted by Crippen LogP contribution is 2.30. The van der Waals surface area contributed by atoms with Crippen molar-refractivity contribution in [3.05, 3.63) is 59.7 Å². The molecular formula is C20H22N2O3. The number of hydrazone groups is 1. The first kappa shape index (κ1) is 17.0. The molecular weight excluding hydrogens is 316 g/mol. The van der Waals surface area contributed by atoms with E-state index in [0.717, 1.165) is 11.3 Å². The molecule has 0 spiro atoms. The Morgan fingerprint density at radius 1 is 1.12 bits per heavy atom. The third-order valence-corrected chi connectivity index (χ3v) is 4.13. The number of para-hydroxylation sites is 2. The fraction of sp³-hybridized carbons (Fsp3) is 0.300. The maximum absolute atomic E-state index is 12.3. The van der Waals surface area contributed by atoms with E-state index >= 15 is 0 Å². The summed E-state index contributed by atoms with van der Waals surface area (Å²) >= 11 is 0. The van der Waals surface area contributed by atoms with Gasteiger partial charge in [-0.3, -0.25) is 4.79 Å². The lowest BCUT2D eigenvalue weighted by Crippen LogP contribution is -2.42. The van der Waals surface area contributed by atoms with Gasteiger partial charge >= 0.3 is 0 Å². The quantitative estimate of drug-likeness (QED) is 0.686. The molecule has 0 saturated heterocycles. The van der Waals surface area contributed by atoms with Gasteiger partial charge in [-0.15, -0.1) is 0 Å². The molecule has 2 aromatic carbocycles. The number of nitrogens with one attached hydrogen (secondary N) is 1. The summed E-state index contributed by atoms with van der Waals surface area (Å²) in [6.07, 6.45) is -0.713. The molecule has 3 rings (SSSR count). The van der Waals surface area contributed by atoms with E-state index in [-0.39, 0.29) is 12.5 Å². The standard InChI is InChI=1S/C20H22N2O3/c1-13(2)15-8-10-16(11-9-15)14(3)21-22-20(23)19-12-24-17-6-4-5-7-18(17)25-19/h4-11,13,19H,12H2,1-3H3,(H,22,23). The van der Waals surface area contributed by atoms with Crippen LogP contribution in [0.25, 0.3) is 0 Å². The van der Waals surface area contributed by atoms with Gasteiger partial charge in [0.2, 0.25) is 6.10 Å². The lowest BCUT2D eigenvalue weighted by atomic mass is 10.0. The van der Waals surface area contributed by atoms with Gasteiger partial charge in [-0.1, -0.05) is 50.2 Å². The summed E-state index contributed by atoms with van der Waals surface area (Å²) in [6.45, 7) is 6.33. The maximum atomic E-state index is 12.3. The molecule has 0 fully saturated rings. The van der Waals surface area contributed by atoms with E-state index in [2.05, 4.69) is 36.5 Å². The number of hydrogen-bond donors (Lipinski definition) is 1. The number of nitrogens with zero attached hydrogens (tertiary/aromatic N) is 1. The minimum Gasteiger partial charge on any atom is -0.485 e. The highest BCUT2D eigenvalue weighted by atomic mass is 16.6. The van der Waals surface area contributed by atoms with Crippen molar-refractivity contribution in [2.45, 2.75) is 32.8 Å². The van der Waals surface area contributed by atoms with E-state index in [4.69, 9.17) is 9.47 Å². The zero-order valence-corrected chi connectivity index (χ0v) is 14.7. The van der Waals surface area contributed by atoms with Crippen LogP contribution in [0.3, 0.4) is 0 Å². The summed E-state index contributed by atoms with van der Waals surface area (Å²) in [5, 5.41) is 4.18. The SMILES string of the molecule is CC(=NNC(=O)C1COc2ccccc2O1)c1ccc(C(C)C)cc1. The maximum Gasteiger partial charge on any atom is 0.284 e. The number of fused-ring (bicyclic) bond motifs is 1. The van der Waals surface area contributed by atoms with Crippen LogP contribution in [0.2, 0.25) is 0 Å². The fourth-order valence-electron chi connectivity index (χ4n) is 2.53. The van der Waals surface area contributed by atoms with Crippen LogP contribution in [0, 0.1) is 0 Å². The normalized spacial score (nSPS) is 16.6. The second kappa shape index (κ2) is 7.38. The van der Waals surface area contributed by atoms with Crippen molar-refractivity contribution in [1.29, 1.82) is 0 Å². The van der Waals surface area contributed by atoms with Crippen LogP contribution in [0.15, 0.2) is 53.6 Å². The van der Waals surface area contributed by atoms with Crippen molar-refractivity contribution in [1.82, 2.24) is 5.43 Å². The van der Waals surface area contributed by atoms with Gasteiger partial charge in [-0.2, -0.15) is 5.10 Å². The van der Waals surface area contributed by atoms with Crippen LogP contribution in [0.4, 0.5) is 0 Å². The molecule has 1 aliphatic heterocycles. The van der Waals surface area contributed by atoms with Crippen LogP contribution >= 0.6 is 0 Å². The smallest absolute Gasteiger partial charge is 0.284 e.